The zero-order valence-electron chi connectivity index (χ0n) is 19.5. The maximum absolute atomic E-state index is 14.9. The van der Waals surface area contributed by atoms with Gasteiger partial charge in [-0.05, 0) is 48.2 Å². The quantitative estimate of drug-likeness (QED) is 0.407. The molecule has 3 heterocycles. The number of likely N-dealkylation sites (tertiary alicyclic amines) is 1. The van der Waals surface area contributed by atoms with Gasteiger partial charge in [0.15, 0.2) is 0 Å². The number of anilines is 1. The molecule has 1 unspecified atom stereocenters. The van der Waals surface area contributed by atoms with Crippen LogP contribution in [-0.2, 0) is 4.79 Å². The van der Waals surface area contributed by atoms with Crippen molar-refractivity contribution in [2.75, 3.05) is 18.4 Å². The number of halogens is 2. The average molecular weight is 527 g/mol. The number of carbonyl (C=O) groups excluding carboxylic acids is 2. The van der Waals surface area contributed by atoms with E-state index in [-0.39, 0.29) is 41.5 Å². The summed E-state index contributed by atoms with van der Waals surface area (Å²) < 4.78 is 29.1. The molecule has 1 fully saturated rings. The van der Waals surface area contributed by atoms with Gasteiger partial charge >= 0.3 is 0 Å². The lowest BCUT2D eigenvalue weighted by Crippen LogP contribution is -2.42. The van der Waals surface area contributed by atoms with Crippen molar-refractivity contribution in [3.05, 3.63) is 76.2 Å². The van der Waals surface area contributed by atoms with Crippen molar-refractivity contribution < 1.29 is 18.4 Å². The normalized spacial score (nSPS) is 18.8. The Hall–Kier alpha value is -3.24. The fraction of sp³-hybridized carbons (Fsp3) is 0.308. The first-order chi connectivity index (χ1) is 17.4. The van der Waals surface area contributed by atoms with E-state index in [4.69, 9.17) is 0 Å². The number of carbonyl (C=O) groups is 2. The Labute approximate surface area is 215 Å². The van der Waals surface area contributed by atoms with Gasteiger partial charge in [-0.3, -0.25) is 9.59 Å². The van der Waals surface area contributed by atoms with Crippen LogP contribution in [0.2, 0.25) is 0 Å². The maximum Gasteiger partial charge on any atom is 0.256 e. The molecule has 3 aromatic rings. The minimum atomic E-state index is -0.553. The van der Waals surface area contributed by atoms with Crippen molar-refractivity contribution in [1.82, 2.24) is 15.1 Å². The summed E-state index contributed by atoms with van der Waals surface area (Å²) in [7, 11) is 0. The largest absolute Gasteiger partial charge is 0.338 e. The number of aromatic nitrogens is 2. The Kier molecular flexibility index (Phi) is 7.06. The lowest BCUT2D eigenvalue weighted by molar-refractivity contribution is -0.120. The Balaban J connectivity index is 1.41. The smallest absolute Gasteiger partial charge is 0.256 e. The third-order valence-electron chi connectivity index (χ3n) is 6.65. The molecule has 0 bridgehead atoms. The van der Waals surface area contributed by atoms with Crippen LogP contribution in [0.3, 0.4) is 0 Å². The lowest BCUT2D eigenvalue weighted by atomic mass is 9.77. The zero-order valence-corrected chi connectivity index (χ0v) is 21.1. The van der Waals surface area contributed by atoms with Crippen LogP contribution < -0.4 is 5.32 Å². The summed E-state index contributed by atoms with van der Waals surface area (Å²) >= 11 is 2.67. The van der Waals surface area contributed by atoms with Crippen molar-refractivity contribution in [3.63, 3.8) is 0 Å². The summed E-state index contributed by atoms with van der Waals surface area (Å²) in [6.07, 6.45) is 6.19. The van der Waals surface area contributed by atoms with Gasteiger partial charge in [0.05, 0.1) is 5.56 Å². The van der Waals surface area contributed by atoms with Crippen molar-refractivity contribution in [2.24, 2.45) is 11.8 Å². The monoisotopic (exact) mass is 526 g/mol. The molecule has 186 valence electrons. The molecule has 10 heteroatoms. The van der Waals surface area contributed by atoms with Crippen LogP contribution in [0.25, 0.3) is 10.4 Å². The molecule has 2 aromatic heterocycles. The fourth-order valence-electron chi connectivity index (χ4n) is 4.57. The van der Waals surface area contributed by atoms with E-state index < -0.39 is 11.7 Å². The van der Waals surface area contributed by atoms with Crippen molar-refractivity contribution in [2.45, 2.75) is 25.7 Å². The van der Waals surface area contributed by atoms with E-state index in [0.717, 1.165) is 16.2 Å². The predicted octanol–water partition coefficient (Wildman–Crippen LogP) is 6.04. The molecule has 6 nitrogen and oxygen atoms in total. The van der Waals surface area contributed by atoms with Gasteiger partial charge in [0.2, 0.25) is 11.0 Å². The first-order valence-corrected chi connectivity index (χ1v) is 13.4. The van der Waals surface area contributed by atoms with Gasteiger partial charge in [-0.25, -0.2) is 8.78 Å². The molecule has 0 radical (unpaired) electrons. The van der Waals surface area contributed by atoms with Crippen LogP contribution >= 0.6 is 22.7 Å². The molecular formula is C26H24F2N4O2S2. The zero-order chi connectivity index (χ0) is 25.2. The third kappa shape index (κ3) is 5.01. The van der Waals surface area contributed by atoms with E-state index in [0.29, 0.717) is 23.8 Å². The molecule has 1 N–H and O–H groups in total. The van der Waals surface area contributed by atoms with Gasteiger partial charge in [-0.15, -0.1) is 21.5 Å². The minimum absolute atomic E-state index is 0.0738. The summed E-state index contributed by atoms with van der Waals surface area (Å²) in [6.45, 7) is 3.14. The van der Waals surface area contributed by atoms with E-state index in [1.807, 2.05) is 25.1 Å². The second-order valence-electron chi connectivity index (χ2n) is 8.96. The SMILES string of the molecule is C[C@@H](C(=O)Nc1nncs1)[C@@H](c1ccc(-c2ccc(C(=O)N3CCC3)c(F)c2)s1)C1C=CC=C(F)C1. The predicted molar refractivity (Wildman–Crippen MR) is 137 cm³/mol. The number of hydrogen-bond donors (Lipinski definition) is 1. The summed E-state index contributed by atoms with van der Waals surface area (Å²) in [4.78, 5) is 28.9. The number of amides is 2. The standard InChI is InChI=1S/C26H24F2N4O2S2/c1-15(24(33)30-26-31-29-14-35-26)23(17-4-2-5-18(27)12-17)22-9-8-21(36-22)16-6-7-19(20(28)13-16)25(34)32-10-3-11-32/h2,4-9,13-15,17,23H,3,10-12H2,1H3,(H,30,31,33)/t15-,17?,23-/m1/s1. The van der Waals surface area contributed by atoms with Crippen LogP contribution in [0.5, 0.6) is 0 Å². The van der Waals surface area contributed by atoms with Crippen LogP contribution in [-0.4, -0.2) is 40.0 Å². The fourth-order valence-corrected chi connectivity index (χ4v) is 6.30. The topological polar surface area (TPSA) is 75.2 Å². The number of nitrogens with zero attached hydrogens (tertiary/aromatic N) is 3. The molecule has 5 rings (SSSR count). The number of hydrogen-bond acceptors (Lipinski definition) is 6. The Morgan fingerprint density at radius 3 is 2.69 bits per heavy atom. The lowest BCUT2D eigenvalue weighted by Gasteiger charge is -2.31. The highest BCUT2D eigenvalue weighted by atomic mass is 32.1. The molecule has 0 saturated carbocycles. The Morgan fingerprint density at radius 2 is 2.03 bits per heavy atom. The van der Waals surface area contributed by atoms with E-state index >= 15 is 0 Å². The summed E-state index contributed by atoms with van der Waals surface area (Å²) in [5.74, 6) is -2.31. The average Bonchev–Trinajstić information content (AvgIpc) is 3.50. The van der Waals surface area contributed by atoms with Gasteiger partial charge in [-0.1, -0.05) is 36.5 Å². The molecule has 1 aliphatic heterocycles. The van der Waals surface area contributed by atoms with E-state index in [2.05, 4.69) is 15.5 Å². The molecule has 2 amide bonds. The molecule has 2 aliphatic rings. The molecule has 36 heavy (non-hydrogen) atoms. The van der Waals surface area contributed by atoms with Gasteiger partial charge in [0.1, 0.15) is 17.2 Å². The van der Waals surface area contributed by atoms with Crippen LogP contribution in [0, 0.1) is 17.7 Å². The van der Waals surface area contributed by atoms with Gasteiger partial charge in [0.25, 0.3) is 5.91 Å². The highest BCUT2D eigenvalue weighted by Gasteiger charge is 2.34. The first-order valence-electron chi connectivity index (χ1n) is 11.7. The Bertz CT molecular complexity index is 1330. The Morgan fingerprint density at radius 1 is 1.19 bits per heavy atom. The van der Waals surface area contributed by atoms with Gasteiger partial charge in [0, 0.05) is 41.1 Å². The molecule has 3 atom stereocenters. The van der Waals surface area contributed by atoms with Gasteiger partial charge in [-0.2, -0.15) is 0 Å². The molecule has 1 aliphatic carbocycles. The number of thiophene rings is 1. The number of allylic oxidation sites excluding steroid dienone is 4. The first kappa shape index (κ1) is 24.5. The van der Waals surface area contributed by atoms with Gasteiger partial charge < -0.3 is 10.2 Å². The van der Waals surface area contributed by atoms with Crippen molar-refractivity contribution >= 4 is 39.6 Å². The highest BCUT2D eigenvalue weighted by molar-refractivity contribution is 7.15. The molecular weight excluding hydrogens is 502 g/mol. The number of benzene rings is 1. The molecule has 1 aromatic carbocycles. The number of rotatable bonds is 7. The van der Waals surface area contributed by atoms with Crippen molar-refractivity contribution in [1.29, 1.82) is 0 Å². The molecule has 1 saturated heterocycles. The summed E-state index contributed by atoms with van der Waals surface area (Å²) in [5.41, 5.74) is 2.26. The second-order valence-corrected chi connectivity index (χ2v) is 10.9. The number of nitrogens with one attached hydrogen (secondary N) is 1. The van der Waals surface area contributed by atoms with Crippen LogP contribution in [0.1, 0.15) is 40.9 Å². The third-order valence-corrected chi connectivity index (χ3v) is 8.49. The summed E-state index contributed by atoms with van der Waals surface area (Å²) in [5, 5.41) is 10.8. The van der Waals surface area contributed by atoms with E-state index in [1.54, 1.807) is 17.0 Å². The summed E-state index contributed by atoms with van der Waals surface area (Å²) in [6, 6.07) is 8.46. The highest BCUT2D eigenvalue weighted by Crippen LogP contribution is 2.43. The molecule has 0 spiro atoms. The van der Waals surface area contributed by atoms with Crippen LogP contribution in [0.15, 0.2) is 59.9 Å². The maximum atomic E-state index is 14.9. The second kappa shape index (κ2) is 10.4. The van der Waals surface area contributed by atoms with E-state index in [1.165, 1.54) is 46.4 Å². The minimum Gasteiger partial charge on any atom is -0.338 e. The van der Waals surface area contributed by atoms with E-state index in [9.17, 15) is 18.4 Å². The van der Waals surface area contributed by atoms with Crippen LogP contribution in [0.4, 0.5) is 13.9 Å². The van der Waals surface area contributed by atoms with Crippen molar-refractivity contribution in [3.8, 4) is 10.4 Å².